The SMILES string of the molecule is CCC1CCc2nc(NC(=O)N3CCC(N(CC)CC(=O)O)CC3)sc2C1. The molecule has 8 heteroatoms. The van der Waals surface area contributed by atoms with Crippen LogP contribution in [0.5, 0.6) is 0 Å². The highest BCUT2D eigenvalue weighted by atomic mass is 32.1. The van der Waals surface area contributed by atoms with E-state index in [9.17, 15) is 9.59 Å². The van der Waals surface area contributed by atoms with Gasteiger partial charge in [-0.25, -0.2) is 9.78 Å². The number of amides is 2. The van der Waals surface area contributed by atoms with Gasteiger partial charge in [-0.05, 0) is 44.6 Å². The molecule has 1 aromatic rings. The van der Waals surface area contributed by atoms with E-state index in [4.69, 9.17) is 5.11 Å². The number of carboxylic acid groups (broad SMARTS) is 1. The smallest absolute Gasteiger partial charge is 0.323 e. The number of nitrogens with zero attached hydrogens (tertiary/aromatic N) is 3. The lowest BCUT2D eigenvalue weighted by Crippen LogP contribution is -2.49. The van der Waals surface area contributed by atoms with Crippen molar-refractivity contribution in [3.8, 4) is 0 Å². The highest BCUT2D eigenvalue weighted by molar-refractivity contribution is 7.15. The molecule has 2 N–H and O–H groups in total. The summed E-state index contributed by atoms with van der Waals surface area (Å²) in [7, 11) is 0. The molecule has 0 aromatic carbocycles. The Labute approximate surface area is 164 Å². The van der Waals surface area contributed by atoms with Gasteiger partial charge in [-0.3, -0.25) is 15.0 Å². The molecule has 0 radical (unpaired) electrons. The van der Waals surface area contributed by atoms with Crippen molar-refractivity contribution in [1.82, 2.24) is 14.8 Å². The first-order chi connectivity index (χ1) is 13.0. The lowest BCUT2D eigenvalue weighted by molar-refractivity contribution is -0.139. The molecule has 7 nitrogen and oxygen atoms in total. The van der Waals surface area contributed by atoms with Crippen molar-refractivity contribution in [2.24, 2.45) is 5.92 Å². The van der Waals surface area contributed by atoms with Crippen LogP contribution >= 0.6 is 11.3 Å². The predicted molar refractivity (Wildman–Crippen MR) is 106 cm³/mol. The quantitative estimate of drug-likeness (QED) is 0.774. The number of urea groups is 1. The number of anilines is 1. The highest BCUT2D eigenvalue weighted by Gasteiger charge is 2.28. The van der Waals surface area contributed by atoms with Crippen LogP contribution in [0.25, 0.3) is 0 Å². The number of fused-ring (bicyclic) bond motifs is 1. The second kappa shape index (κ2) is 9.01. The standard InChI is InChI=1S/C19H30N4O3S/c1-3-13-5-6-15-16(11-13)27-18(20-15)21-19(26)23-9-7-14(8-10-23)22(4-2)12-17(24)25/h13-14H,3-12H2,1-2H3,(H,24,25)(H,20,21,26). The number of aliphatic carboxylic acids is 1. The van der Waals surface area contributed by atoms with Crippen molar-refractivity contribution >= 4 is 28.5 Å². The number of rotatable bonds is 6. The molecule has 1 atom stereocenters. The van der Waals surface area contributed by atoms with Crippen LogP contribution in [0.3, 0.4) is 0 Å². The number of piperidine rings is 1. The topological polar surface area (TPSA) is 85.8 Å². The summed E-state index contributed by atoms with van der Waals surface area (Å²) in [5, 5.41) is 12.7. The largest absolute Gasteiger partial charge is 0.480 e. The summed E-state index contributed by atoms with van der Waals surface area (Å²) in [6.45, 7) is 6.29. The van der Waals surface area contributed by atoms with Crippen molar-refractivity contribution in [2.75, 3.05) is 31.5 Å². The summed E-state index contributed by atoms with van der Waals surface area (Å²) >= 11 is 1.62. The van der Waals surface area contributed by atoms with Crippen LogP contribution < -0.4 is 5.32 Å². The Morgan fingerprint density at radius 2 is 2.04 bits per heavy atom. The molecule has 0 spiro atoms. The second-order valence-electron chi connectivity index (χ2n) is 7.51. The Balaban J connectivity index is 1.51. The molecule has 1 saturated heterocycles. The van der Waals surface area contributed by atoms with Gasteiger partial charge in [-0.2, -0.15) is 0 Å². The molecule has 27 heavy (non-hydrogen) atoms. The Morgan fingerprint density at radius 3 is 2.67 bits per heavy atom. The second-order valence-corrected chi connectivity index (χ2v) is 8.59. The Hall–Kier alpha value is -1.67. The zero-order valence-electron chi connectivity index (χ0n) is 16.2. The molecule has 3 rings (SSSR count). The molecular formula is C19H30N4O3S. The molecule has 150 valence electrons. The maximum Gasteiger partial charge on any atom is 0.323 e. The first-order valence-corrected chi connectivity index (χ1v) is 10.8. The van der Waals surface area contributed by atoms with Gasteiger partial charge >= 0.3 is 12.0 Å². The third-order valence-corrected chi connectivity index (χ3v) is 6.88. The maximum atomic E-state index is 12.6. The van der Waals surface area contributed by atoms with Gasteiger partial charge in [0.25, 0.3) is 0 Å². The number of carbonyl (C=O) groups excluding carboxylic acids is 1. The van der Waals surface area contributed by atoms with Gasteiger partial charge in [0.05, 0.1) is 12.2 Å². The number of hydrogen-bond acceptors (Lipinski definition) is 5. The van der Waals surface area contributed by atoms with E-state index >= 15 is 0 Å². The van der Waals surface area contributed by atoms with Gasteiger partial charge in [0.2, 0.25) is 0 Å². The van der Waals surface area contributed by atoms with E-state index in [1.54, 1.807) is 11.3 Å². The summed E-state index contributed by atoms with van der Waals surface area (Å²) in [6.07, 6.45) is 6.11. The molecule has 1 aromatic heterocycles. The molecule has 0 bridgehead atoms. The van der Waals surface area contributed by atoms with Crippen molar-refractivity contribution in [3.05, 3.63) is 10.6 Å². The molecule has 2 aliphatic rings. The summed E-state index contributed by atoms with van der Waals surface area (Å²) in [6, 6.07) is 0.140. The third-order valence-electron chi connectivity index (χ3n) is 5.85. The van der Waals surface area contributed by atoms with Crippen LogP contribution in [-0.2, 0) is 17.6 Å². The molecule has 1 aliphatic heterocycles. The van der Waals surface area contributed by atoms with Gasteiger partial charge < -0.3 is 10.0 Å². The third kappa shape index (κ3) is 4.99. The number of likely N-dealkylation sites (N-methyl/N-ethyl adjacent to an activating group) is 1. The van der Waals surface area contributed by atoms with Crippen LogP contribution in [0.4, 0.5) is 9.93 Å². The first-order valence-electron chi connectivity index (χ1n) is 10.0. The van der Waals surface area contributed by atoms with Gasteiger partial charge in [-0.15, -0.1) is 11.3 Å². The van der Waals surface area contributed by atoms with Gasteiger partial charge in [-0.1, -0.05) is 20.3 Å². The summed E-state index contributed by atoms with van der Waals surface area (Å²) < 4.78 is 0. The average Bonchev–Trinajstić information content (AvgIpc) is 3.07. The Bertz CT molecular complexity index is 670. The van der Waals surface area contributed by atoms with Crippen LogP contribution in [0, 0.1) is 5.92 Å². The van der Waals surface area contributed by atoms with Crippen molar-refractivity contribution in [2.45, 2.75) is 58.4 Å². The van der Waals surface area contributed by atoms with Crippen LogP contribution in [0.2, 0.25) is 0 Å². The van der Waals surface area contributed by atoms with E-state index in [0.29, 0.717) is 24.8 Å². The molecule has 2 amide bonds. The fourth-order valence-corrected chi connectivity index (χ4v) is 5.23. The van der Waals surface area contributed by atoms with E-state index in [1.165, 1.54) is 17.7 Å². The normalized spacial score (nSPS) is 20.6. The number of likely N-dealkylation sites (tertiary alicyclic amines) is 1. The monoisotopic (exact) mass is 394 g/mol. The first kappa shape index (κ1) is 20.1. The van der Waals surface area contributed by atoms with Crippen LogP contribution in [0.1, 0.15) is 50.1 Å². The molecule has 1 fully saturated rings. The fourth-order valence-electron chi connectivity index (χ4n) is 4.12. The van der Waals surface area contributed by atoms with Crippen molar-refractivity contribution in [1.29, 1.82) is 0 Å². The average molecular weight is 395 g/mol. The van der Waals surface area contributed by atoms with E-state index in [1.807, 2.05) is 16.7 Å². The number of hydrogen-bond donors (Lipinski definition) is 2. The van der Waals surface area contributed by atoms with Crippen molar-refractivity contribution < 1.29 is 14.7 Å². The molecule has 2 heterocycles. The Morgan fingerprint density at radius 1 is 1.30 bits per heavy atom. The molecule has 1 aliphatic carbocycles. The lowest BCUT2D eigenvalue weighted by Gasteiger charge is -2.37. The summed E-state index contributed by atoms with van der Waals surface area (Å²) in [5.41, 5.74) is 1.16. The number of carbonyl (C=O) groups is 2. The number of thiazole rings is 1. The van der Waals surface area contributed by atoms with E-state index in [-0.39, 0.29) is 18.6 Å². The van der Waals surface area contributed by atoms with Crippen LogP contribution in [-0.4, -0.2) is 64.1 Å². The summed E-state index contributed by atoms with van der Waals surface area (Å²) in [5.74, 6) is -0.0529. The number of carboxylic acids is 1. The molecular weight excluding hydrogens is 364 g/mol. The number of aryl methyl sites for hydroxylation is 1. The van der Waals surface area contributed by atoms with Crippen molar-refractivity contribution in [3.63, 3.8) is 0 Å². The van der Waals surface area contributed by atoms with E-state index in [2.05, 4.69) is 17.2 Å². The minimum absolute atomic E-state index is 0.0663. The maximum absolute atomic E-state index is 12.6. The lowest BCUT2D eigenvalue weighted by atomic mass is 9.89. The zero-order chi connectivity index (χ0) is 19.4. The Kier molecular flexibility index (Phi) is 6.70. The van der Waals surface area contributed by atoms with Gasteiger partial charge in [0, 0.05) is 24.0 Å². The zero-order valence-corrected chi connectivity index (χ0v) is 17.1. The predicted octanol–water partition coefficient (Wildman–Crippen LogP) is 3.06. The summed E-state index contributed by atoms with van der Waals surface area (Å²) in [4.78, 5) is 33.3. The highest BCUT2D eigenvalue weighted by Crippen LogP contribution is 2.33. The number of aromatic nitrogens is 1. The minimum atomic E-state index is -0.796. The van der Waals surface area contributed by atoms with E-state index < -0.39 is 5.97 Å². The number of nitrogens with one attached hydrogen (secondary N) is 1. The molecule has 1 unspecified atom stereocenters. The molecule has 0 saturated carbocycles. The fraction of sp³-hybridized carbons (Fsp3) is 0.737. The van der Waals surface area contributed by atoms with Crippen LogP contribution in [0.15, 0.2) is 0 Å². The van der Waals surface area contributed by atoms with Gasteiger partial charge in [0.1, 0.15) is 0 Å². The van der Waals surface area contributed by atoms with Gasteiger partial charge in [0.15, 0.2) is 5.13 Å². The minimum Gasteiger partial charge on any atom is -0.480 e. The van der Waals surface area contributed by atoms with E-state index in [0.717, 1.165) is 37.3 Å².